The van der Waals surface area contributed by atoms with Gasteiger partial charge in [-0.1, -0.05) is 32.6 Å². The Hall–Kier alpha value is -0.770. The highest BCUT2D eigenvalue weighted by molar-refractivity contribution is 5.74. The Morgan fingerprint density at radius 1 is 1.31 bits per heavy atom. The number of aliphatic hydroxyl groups excluding tert-OH is 1. The van der Waals surface area contributed by atoms with Crippen molar-refractivity contribution in [3.05, 3.63) is 0 Å². The molecule has 0 aromatic rings. The lowest BCUT2D eigenvalue weighted by atomic mass is 10.1. The number of aliphatic hydroxyl groups is 1. The molecule has 16 heavy (non-hydrogen) atoms. The van der Waals surface area contributed by atoms with E-state index in [0.29, 0.717) is 6.54 Å². The van der Waals surface area contributed by atoms with Crippen LogP contribution in [0.15, 0.2) is 0 Å². The van der Waals surface area contributed by atoms with E-state index >= 15 is 0 Å². The third-order valence-electron chi connectivity index (χ3n) is 3.11. The van der Waals surface area contributed by atoms with Gasteiger partial charge < -0.3 is 15.7 Å². The number of rotatable bonds is 4. The largest absolute Gasteiger partial charge is 0.391 e. The average Bonchev–Trinajstić information content (AvgIpc) is 2.45. The van der Waals surface area contributed by atoms with Crippen molar-refractivity contribution < 1.29 is 9.90 Å². The molecule has 2 amide bonds. The molecule has 0 spiro atoms. The van der Waals surface area contributed by atoms with Gasteiger partial charge in [-0.2, -0.15) is 0 Å². The maximum absolute atomic E-state index is 11.5. The lowest BCUT2D eigenvalue weighted by Gasteiger charge is -2.21. The zero-order valence-corrected chi connectivity index (χ0v) is 10.2. The first-order valence-electron chi connectivity index (χ1n) is 6.46. The van der Waals surface area contributed by atoms with Crippen LogP contribution in [0.25, 0.3) is 0 Å². The van der Waals surface area contributed by atoms with Crippen molar-refractivity contribution in [2.75, 3.05) is 6.54 Å². The SMILES string of the molecule is CCCCNC(=O)NC1CCCCCC1O. The minimum atomic E-state index is -0.376. The van der Waals surface area contributed by atoms with Gasteiger partial charge in [0.2, 0.25) is 0 Å². The topological polar surface area (TPSA) is 61.4 Å². The lowest BCUT2D eigenvalue weighted by Crippen LogP contribution is -2.47. The van der Waals surface area contributed by atoms with Crippen molar-refractivity contribution in [3.8, 4) is 0 Å². The van der Waals surface area contributed by atoms with Crippen LogP contribution >= 0.6 is 0 Å². The molecule has 4 nitrogen and oxygen atoms in total. The second-order valence-electron chi connectivity index (χ2n) is 4.57. The zero-order valence-electron chi connectivity index (χ0n) is 10.2. The first kappa shape index (κ1) is 13.3. The minimum absolute atomic E-state index is 0.0656. The van der Waals surface area contributed by atoms with Gasteiger partial charge in [0.1, 0.15) is 0 Å². The van der Waals surface area contributed by atoms with Gasteiger partial charge in [0.25, 0.3) is 0 Å². The van der Waals surface area contributed by atoms with Crippen molar-refractivity contribution >= 4 is 6.03 Å². The molecule has 94 valence electrons. The van der Waals surface area contributed by atoms with E-state index in [9.17, 15) is 9.90 Å². The van der Waals surface area contributed by atoms with Gasteiger partial charge in [-0.15, -0.1) is 0 Å². The van der Waals surface area contributed by atoms with Gasteiger partial charge in [0.05, 0.1) is 12.1 Å². The molecule has 3 N–H and O–H groups in total. The Balaban J connectivity index is 2.25. The van der Waals surface area contributed by atoms with E-state index in [1.807, 2.05) is 0 Å². The van der Waals surface area contributed by atoms with Crippen LogP contribution in [0.3, 0.4) is 0 Å². The maximum Gasteiger partial charge on any atom is 0.315 e. The van der Waals surface area contributed by atoms with Crippen LogP contribution in [-0.2, 0) is 0 Å². The number of carbonyl (C=O) groups is 1. The van der Waals surface area contributed by atoms with Crippen molar-refractivity contribution in [2.45, 2.75) is 64.0 Å². The quantitative estimate of drug-likeness (QED) is 0.507. The summed E-state index contributed by atoms with van der Waals surface area (Å²) in [5.41, 5.74) is 0. The average molecular weight is 228 g/mol. The summed E-state index contributed by atoms with van der Waals surface area (Å²) in [5, 5.41) is 15.5. The standard InChI is InChI=1S/C12H24N2O2/c1-2-3-9-13-12(16)14-10-7-5-4-6-8-11(10)15/h10-11,15H,2-9H2,1H3,(H2,13,14,16). The molecule has 0 aromatic carbocycles. The van der Waals surface area contributed by atoms with E-state index < -0.39 is 0 Å². The second kappa shape index (κ2) is 7.49. The minimum Gasteiger partial charge on any atom is -0.391 e. The first-order chi connectivity index (χ1) is 7.74. The van der Waals surface area contributed by atoms with Crippen LogP contribution in [0.1, 0.15) is 51.9 Å². The Morgan fingerprint density at radius 3 is 2.81 bits per heavy atom. The van der Waals surface area contributed by atoms with Crippen LogP contribution in [0.4, 0.5) is 4.79 Å². The summed E-state index contributed by atoms with van der Waals surface area (Å²) in [5.74, 6) is 0. The molecule has 0 saturated heterocycles. The fourth-order valence-corrected chi connectivity index (χ4v) is 2.05. The van der Waals surface area contributed by atoms with Gasteiger partial charge in [0.15, 0.2) is 0 Å². The van der Waals surface area contributed by atoms with Crippen LogP contribution in [0.2, 0.25) is 0 Å². The Morgan fingerprint density at radius 2 is 2.06 bits per heavy atom. The molecule has 2 unspecified atom stereocenters. The van der Waals surface area contributed by atoms with Crippen LogP contribution in [0, 0.1) is 0 Å². The van der Waals surface area contributed by atoms with Crippen molar-refractivity contribution in [3.63, 3.8) is 0 Å². The van der Waals surface area contributed by atoms with Crippen LogP contribution in [-0.4, -0.2) is 29.8 Å². The van der Waals surface area contributed by atoms with Crippen molar-refractivity contribution in [2.24, 2.45) is 0 Å². The van der Waals surface area contributed by atoms with E-state index in [4.69, 9.17) is 0 Å². The predicted octanol–water partition coefficient (Wildman–Crippen LogP) is 1.78. The van der Waals surface area contributed by atoms with E-state index in [0.717, 1.165) is 44.9 Å². The third kappa shape index (κ3) is 4.84. The highest BCUT2D eigenvalue weighted by Crippen LogP contribution is 2.17. The predicted molar refractivity (Wildman–Crippen MR) is 64.3 cm³/mol. The van der Waals surface area contributed by atoms with Crippen LogP contribution in [0.5, 0.6) is 0 Å². The van der Waals surface area contributed by atoms with E-state index in [-0.39, 0.29) is 18.2 Å². The number of urea groups is 1. The smallest absolute Gasteiger partial charge is 0.315 e. The van der Waals surface area contributed by atoms with E-state index in [1.165, 1.54) is 0 Å². The lowest BCUT2D eigenvalue weighted by molar-refractivity contribution is 0.122. The summed E-state index contributed by atoms with van der Waals surface area (Å²) in [4.78, 5) is 11.5. The highest BCUT2D eigenvalue weighted by Gasteiger charge is 2.22. The number of amides is 2. The number of hydrogen-bond donors (Lipinski definition) is 3. The number of hydrogen-bond acceptors (Lipinski definition) is 2. The summed E-state index contributed by atoms with van der Waals surface area (Å²) in [6.07, 6.45) is 6.72. The van der Waals surface area contributed by atoms with E-state index in [2.05, 4.69) is 17.6 Å². The molecule has 1 aliphatic rings. The molecule has 1 saturated carbocycles. The Bertz CT molecular complexity index is 209. The summed E-state index contributed by atoms with van der Waals surface area (Å²) in [6, 6.07) is -0.205. The van der Waals surface area contributed by atoms with Gasteiger partial charge in [0, 0.05) is 6.54 Å². The Kier molecular flexibility index (Phi) is 6.23. The highest BCUT2D eigenvalue weighted by atomic mass is 16.3. The molecule has 2 atom stereocenters. The monoisotopic (exact) mass is 228 g/mol. The van der Waals surface area contributed by atoms with Gasteiger partial charge in [-0.05, 0) is 19.3 Å². The Labute approximate surface area is 97.8 Å². The molecular formula is C12H24N2O2. The zero-order chi connectivity index (χ0) is 11.8. The number of nitrogens with one attached hydrogen (secondary N) is 2. The molecule has 0 radical (unpaired) electrons. The molecule has 0 aliphatic heterocycles. The summed E-state index contributed by atoms with van der Waals surface area (Å²) < 4.78 is 0. The first-order valence-corrected chi connectivity index (χ1v) is 6.46. The van der Waals surface area contributed by atoms with Crippen LogP contribution < -0.4 is 10.6 Å². The fraction of sp³-hybridized carbons (Fsp3) is 0.917. The molecule has 1 fully saturated rings. The summed E-state index contributed by atoms with van der Waals surface area (Å²) >= 11 is 0. The molecular weight excluding hydrogens is 204 g/mol. The summed E-state index contributed by atoms with van der Waals surface area (Å²) in [7, 11) is 0. The number of unbranched alkanes of at least 4 members (excludes halogenated alkanes) is 1. The molecule has 0 bridgehead atoms. The molecule has 1 rings (SSSR count). The molecule has 1 aliphatic carbocycles. The third-order valence-corrected chi connectivity index (χ3v) is 3.11. The fourth-order valence-electron chi connectivity index (χ4n) is 2.05. The second-order valence-corrected chi connectivity index (χ2v) is 4.57. The van der Waals surface area contributed by atoms with E-state index in [1.54, 1.807) is 0 Å². The molecule has 0 heterocycles. The van der Waals surface area contributed by atoms with Gasteiger partial charge in [-0.25, -0.2) is 4.79 Å². The molecule has 0 aromatic heterocycles. The van der Waals surface area contributed by atoms with Crippen molar-refractivity contribution in [1.82, 2.24) is 10.6 Å². The maximum atomic E-state index is 11.5. The van der Waals surface area contributed by atoms with Crippen molar-refractivity contribution in [1.29, 1.82) is 0 Å². The van der Waals surface area contributed by atoms with Gasteiger partial charge in [-0.3, -0.25) is 0 Å². The van der Waals surface area contributed by atoms with Gasteiger partial charge >= 0.3 is 6.03 Å². The molecule has 4 heteroatoms. The normalized spacial score (nSPS) is 25.9. The summed E-state index contributed by atoms with van der Waals surface area (Å²) in [6.45, 7) is 2.81. The number of carbonyl (C=O) groups excluding carboxylic acids is 1.